The Hall–Kier alpha value is -2.10. The van der Waals surface area contributed by atoms with Crippen molar-refractivity contribution in [2.45, 2.75) is 40.2 Å². The minimum Gasteiger partial charge on any atom is -0.338 e. The molecule has 0 aliphatic carbocycles. The highest BCUT2D eigenvalue weighted by molar-refractivity contribution is 5.96. The normalized spacial score (nSPS) is 18.2. The van der Waals surface area contributed by atoms with Gasteiger partial charge in [0.1, 0.15) is 0 Å². The van der Waals surface area contributed by atoms with E-state index < -0.39 is 0 Å². The lowest BCUT2D eigenvalue weighted by Gasteiger charge is -2.31. The summed E-state index contributed by atoms with van der Waals surface area (Å²) in [5, 5.41) is 4.61. The quantitative estimate of drug-likeness (QED) is 0.871. The van der Waals surface area contributed by atoms with Crippen molar-refractivity contribution in [2.24, 2.45) is 5.92 Å². The number of carbonyl (C=O) groups excluding carboxylic acids is 1. The third-order valence-electron chi connectivity index (χ3n) is 4.71. The Balaban J connectivity index is 1.84. The van der Waals surface area contributed by atoms with Crippen LogP contribution in [0.25, 0.3) is 0 Å². The van der Waals surface area contributed by atoms with Crippen molar-refractivity contribution in [3.8, 4) is 0 Å². The van der Waals surface area contributed by atoms with Gasteiger partial charge in [-0.1, -0.05) is 37.3 Å². The molecule has 23 heavy (non-hydrogen) atoms. The standard InChI is InChI=1S/C19H25N3O/c1-14-8-7-11-21(12-14)19(23)18-15(2)20-22(16(18)3)13-17-9-5-4-6-10-17/h4-6,9-10,14H,7-8,11-13H2,1-3H3. The summed E-state index contributed by atoms with van der Waals surface area (Å²) in [4.78, 5) is 14.9. The van der Waals surface area contributed by atoms with Gasteiger partial charge in [-0.05, 0) is 38.2 Å². The molecule has 1 aliphatic heterocycles. The summed E-state index contributed by atoms with van der Waals surface area (Å²) in [5.41, 5.74) is 3.79. The molecule has 1 saturated heterocycles. The van der Waals surface area contributed by atoms with E-state index in [2.05, 4.69) is 24.2 Å². The van der Waals surface area contributed by atoms with Crippen LogP contribution in [0.2, 0.25) is 0 Å². The zero-order valence-electron chi connectivity index (χ0n) is 14.2. The fraction of sp³-hybridized carbons (Fsp3) is 0.474. The van der Waals surface area contributed by atoms with E-state index in [0.717, 1.165) is 36.5 Å². The molecule has 0 spiro atoms. The Kier molecular flexibility index (Phi) is 4.51. The number of likely N-dealkylation sites (tertiary alicyclic amines) is 1. The number of carbonyl (C=O) groups is 1. The molecule has 0 saturated carbocycles. The maximum Gasteiger partial charge on any atom is 0.257 e. The third-order valence-corrected chi connectivity index (χ3v) is 4.71. The summed E-state index contributed by atoms with van der Waals surface area (Å²) < 4.78 is 1.95. The molecule has 0 bridgehead atoms. The van der Waals surface area contributed by atoms with Crippen LogP contribution in [0.15, 0.2) is 30.3 Å². The number of rotatable bonds is 3. The Morgan fingerprint density at radius 3 is 2.70 bits per heavy atom. The zero-order valence-corrected chi connectivity index (χ0v) is 14.2. The molecule has 0 radical (unpaired) electrons. The van der Waals surface area contributed by atoms with Crippen molar-refractivity contribution < 1.29 is 4.79 Å². The van der Waals surface area contributed by atoms with Crippen LogP contribution in [0.1, 0.15) is 47.1 Å². The largest absolute Gasteiger partial charge is 0.338 e. The Morgan fingerprint density at radius 2 is 2.00 bits per heavy atom. The summed E-state index contributed by atoms with van der Waals surface area (Å²) in [6.45, 7) is 8.60. The van der Waals surface area contributed by atoms with E-state index in [1.54, 1.807) is 0 Å². The third kappa shape index (κ3) is 3.31. The molecular weight excluding hydrogens is 286 g/mol. The molecule has 2 aromatic rings. The molecule has 122 valence electrons. The van der Waals surface area contributed by atoms with E-state index >= 15 is 0 Å². The van der Waals surface area contributed by atoms with Gasteiger partial charge in [-0.2, -0.15) is 5.10 Å². The predicted molar refractivity (Wildman–Crippen MR) is 91.5 cm³/mol. The van der Waals surface area contributed by atoms with Gasteiger partial charge in [0.05, 0.1) is 17.8 Å². The minimum absolute atomic E-state index is 0.144. The fourth-order valence-corrected chi connectivity index (χ4v) is 3.45. The van der Waals surface area contributed by atoms with Gasteiger partial charge < -0.3 is 4.90 Å². The number of amides is 1. The molecule has 1 aromatic heterocycles. The Morgan fingerprint density at radius 1 is 1.26 bits per heavy atom. The fourth-order valence-electron chi connectivity index (χ4n) is 3.45. The first kappa shape index (κ1) is 15.8. The van der Waals surface area contributed by atoms with Gasteiger partial charge in [-0.25, -0.2) is 0 Å². The number of aromatic nitrogens is 2. The Labute approximate surface area is 138 Å². The SMILES string of the molecule is Cc1nn(Cc2ccccc2)c(C)c1C(=O)N1CCCC(C)C1. The van der Waals surface area contributed by atoms with Gasteiger partial charge in [-0.15, -0.1) is 0 Å². The number of aryl methyl sites for hydroxylation is 1. The summed E-state index contributed by atoms with van der Waals surface area (Å²) in [5.74, 6) is 0.735. The number of piperidine rings is 1. The van der Waals surface area contributed by atoms with E-state index in [9.17, 15) is 4.79 Å². The minimum atomic E-state index is 0.144. The van der Waals surface area contributed by atoms with Crippen molar-refractivity contribution in [1.29, 1.82) is 0 Å². The topological polar surface area (TPSA) is 38.1 Å². The second-order valence-corrected chi connectivity index (χ2v) is 6.69. The lowest BCUT2D eigenvalue weighted by molar-refractivity contribution is 0.0681. The summed E-state index contributed by atoms with van der Waals surface area (Å²) in [6.07, 6.45) is 2.32. The van der Waals surface area contributed by atoms with E-state index in [1.165, 1.54) is 12.0 Å². The molecule has 0 N–H and O–H groups in total. The van der Waals surface area contributed by atoms with Crippen LogP contribution in [-0.2, 0) is 6.54 Å². The summed E-state index contributed by atoms with van der Waals surface area (Å²) in [7, 11) is 0. The van der Waals surface area contributed by atoms with Gasteiger partial charge in [0.15, 0.2) is 0 Å². The maximum atomic E-state index is 12.9. The average Bonchev–Trinajstić information content (AvgIpc) is 2.82. The molecule has 1 aromatic carbocycles. The molecule has 1 aliphatic rings. The second kappa shape index (κ2) is 6.57. The van der Waals surface area contributed by atoms with Crippen molar-refractivity contribution >= 4 is 5.91 Å². The summed E-state index contributed by atoms with van der Waals surface area (Å²) in [6, 6.07) is 10.2. The molecule has 3 rings (SSSR count). The van der Waals surface area contributed by atoms with E-state index in [0.29, 0.717) is 12.5 Å². The highest BCUT2D eigenvalue weighted by Crippen LogP contribution is 2.21. The first-order valence-electron chi connectivity index (χ1n) is 8.43. The van der Waals surface area contributed by atoms with Crippen LogP contribution >= 0.6 is 0 Å². The van der Waals surface area contributed by atoms with Crippen molar-refractivity contribution in [2.75, 3.05) is 13.1 Å². The van der Waals surface area contributed by atoms with E-state index in [4.69, 9.17) is 0 Å². The number of nitrogens with zero attached hydrogens (tertiary/aromatic N) is 3. The lowest BCUT2D eigenvalue weighted by Crippen LogP contribution is -2.39. The monoisotopic (exact) mass is 311 g/mol. The first-order valence-corrected chi connectivity index (χ1v) is 8.43. The lowest BCUT2D eigenvalue weighted by atomic mass is 9.99. The van der Waals surface area contributed by atoms with E-state index in [-0.39, 0.29) is 5.91 Å². The number of benzene rings is 1. The molecule has 1 amide bonds. The molecule has 4 heteroatoms. The van der Waals surface area contributed by atoms with Crippen LogP contribution in [0.3, 0.4) is 0 Å². The highest BCUT2D eigenvalue weighted by atomic mass is 16.2. The van der Waals surface area contributed by atoms with Gasteiger partial charge >= 0.3 is 0 Å². The van der Waals surface area contributed by atoms with Crippen LogP contribution < -0.4 is 0 Å². The molecule has 4 nitrogen and oxygen atoms in total. The van der Waals surface area contributed by atoms with Crippen molar-refractivity contribution in [3.05, 3.63) is 52.8 Å². The molecule has 1 atom stereocenters. The van der Waals surface area contributed by atoms with Gasteiger partial charge in [0.2, 0.25) is 0 Å². The van der Waals surface area contributed by atoms with Crippen molar-refractivity contribution in [1.82, 2.24) is 14.7 Å². The highest BCUT2D eigenvalue weighted by Gasteiger charge is 2.26. The van der Waals surface area contributed by atoms with Gasteiger partial charge in [-0.3, -0.25) is 9.48 Å². The first-order chi connectivity index (χ1) is 11.1. The second-order valence-electron chi connectivity index (χ2n) is 6.69. The van der Waals surface area contributed by atoms with Crippen LogP contribution in [-0.4, -0.2) is 33.7 Å². The van der Waals surface area contributed by atoms with Gasteiger partial charge in [0, 0.05) is 18.8 Å². The van der Waals surface area contributed by atoms with Crippen LogP contribution in [0.5, 0.6) is 0 Å². The van der Waals surface area contributed by atoms with Crippen molar-refractivity contribution in [3.63, 3.8) is 0 Å². The molecule has 1 unspecified atom stereocenters. The smallest absolute Gasteiger partial charge is 0.257 e. The predicted octanol–water partition coefficient (Wildman–Crippen LogP) is 3.42. The van der Waals surface area contributed by atoms with E-state index in [1.807, 2.05) is 41.6 Å². The summed E-state index contributed by atoms with van der Waals surface area (Å²) >= 11 is 0. The molecule has 2 heterocycles. The molecule has 1 fully saturated rings. The van der Waals surface area contributed by atoms with Crippen LogP contribution in [0, 0.1) is 19.8 Å². The zero-order chi connectivity index (χ0) is 16.4. The number of hydrogen-bond donors (Lipinski definition) is 0. The van der Waals surface area contributed by atoms with Crippen LogP contribution in [0.4, 0.5) is 0 Å². The average molecular weight is 311 g/mol. The number of hydrogen-bond acceptors (Lipinski definition) is 2. The van der Waals surface area contributed by atoms with Gasteiger partial charge in [0.25, 0.3) is 5.91 Å². The maximum absolute atomic E-state index is 12.9. The molecular formula is C19H25N3O. The Bertz CT molecular complexity index is 690.